The van der Waals surface area contributed by atoms with E-state index in [9.17, 15) is 4.79 Å². The average Bonchev–Trinajstić information content (AvgIpc) is 2.46. The van der Waals surface area contributed by atoms with Gasteiger partial charge in [-0.3, -0.25) is 9.78 Å². The highest BCUT2D eigenvalue weighted by Gasteiger charge is 2.04. The van der Waals surface area contributed by atoms with Crippen LogP contribution < -0.4 is 11.2 Å². The van der Waals surface area contributed by atoms with E-state index in [0.717, 1.165) is 5.56 Å². The molecule has 1 heterocycles. The van der Waals surface area contributed by atoms with E-state index in [1.54, 1.807) is 43.6 Å². The molecule has 0 saturated heterocycles. The molecule has 96 valence electrons. The van der Waals surface area contributed by atoms with E-state index in [0.29, 0.717) is 17.0 Å². The molecule has 0 aliphatic rings. The average molecular weight is 254 g/mol. The van der Waals surface area contributed by atoms with Gasteiger partial charge in [0.1, 0.15) is 0 Å². The van der Waals surface area contributed by atoms with E-state index in [-0.39, 0.29) is 5.91 Å². The molecular weight excluding hydrogens is 240 g/mol. The molecule has 0 fully saturated rings. The topological polar surface area (TPSA) is 80.4 Å². The number of nitrogen functional groups attached to an aromatic ring is 1. The van der Waals surface area contributed by atoms with Gasteiger partial charge in [0.2, 0.25) is 0 Å². The summed E-state index contributed by atoms with van der Waals surface area (Å²) in [6.07, 6.45) is 3.37. The predicted octanol–water partition coefficient (Wildman–Crippen LogP) is 1.82. The summed E-state index contributed by atoms with van der Waals surface area (Å²) in [6, 6.07) is 10.3. The van der Waals surface area contributed by atoms with E-state index in [1.807, 2.05) is 12.1 Å². The van der Waals surface area contributed by atoms with E-state index < -0.39 is 0 Å². The zero-order valence-electron chi connectivity index (χ0n) is 10.5. The molecule has 2 aromatic rings. The van der Waals surface area contributed by atoms with Crippen molar-refractivity contribution in [3.8, 4) is 0 Å². The number of nitrogens with two attached hydrogens (primary N) is 1. The molecule has 0 unspecified atom stereocenters. The zero-order valence-corrected chi connectivity index (χ0v) is 10.5. The number of pyridine rings is 1. The second-order valence-corrected chi connectivity index (χ2v) is 4.00. The van der Waals surface area contributed by atoms with Crippen molar-refractivity contribution in [1.29, 1.82) is 0 Å². The molecule has 0 spiro atoms. The van der Waals surface area contributed by atoms with Crippen molar-refractivity contribution in [3.63, 3.8) is 0 Å². The van der Waals surface area contributed by atoms with Crippen molar-refractivity contribution in [2.45, 2.75) is 6.92 Å². The van der Waals surface area contributed by atoms with Crippen LogP contribution in [0.4, 0.5) is 5.69 Å². The molecule has 5 heteroatoms. The van der Waals surface area contributed by atoms with Crippen LogP contribution in [0.3, 0.4) is 0 Å². The molecule has 19 heavy (non-hydrogen) atoms. The first-order valence-electron chi connectivity index (χ1n) is 5.77. The molecular formula is C14H14N4O. The second kappa shape index (κ2) is 5.77. The van der Waals surface area contributed by atoms with Crippen LogP contribution in [0, 0.1) is 0 Å². The fourth-order valence-corrected chi connectivity index (χ4v) is 1.47. The monoisotopic (exact) mass is 254 g/mol. The Balaban J connectivity index is 2.06. The summed E-state index contributed by atoms with van der Waals surface area (Å²) in [5.74, 6) is -0.275. The third kappa shape index (κ3) is 3.38. The Kier molecular flexibility index (Phi) is 3.87. The first-order valence-corrected chi connectivity index (χ1v) is 5.77. The van der Waals surface area contributed by atoms with Crippen molar-refractivity contribution in [3.05, 3.63) is 59.9 Å². The number of nitrogens with zero attached hydrogens (tertiary/aromatic N) is 2. The largest absolute Gasteiger partial charge is 0.399 e. The molecule has 2 rings (SSSR count). The smallest absolute Gasteiger partial charge is 0.271 e. The third-order valence-corrected chi connectivity index (χ3v) is 2.58. The molecule has 5 nitrogen and oxygen atoms in total. The first-order chi connectivity index (χ1) is 9.16. The quantitative estimate of drug-likeness (QED) is 0.498. The number of benzene rings is 1. The van der Waals surface area contributed by atoms with Crippen molar-refractivity contribution in [2.24, 2.45) is 5.10 Å². The minimum atomic E-state index is -0.275. The van der Waals surface area contributed by atoms with Crippen molar-refractivity contribution in [1.82, 2.24) is 10.4 Å². The van der Waals surface area contributed by atoms with Crippen molar-refractivity contribution in [2.75, 3.05) is 5.73 Å². The summed E-state index contributed by atoms with van der Waals surface area (Å²) in [5, 5.41) is 4.04. The maximum Gasteiger partial charge on any atom is 0.271 e. The number of hydrogen-bond acceptors (Lipinski definition) is 4. The highest BCUT2D eigenvalue weighted by Crippen LogP contribution is 2.05. The lowest BCUT2D eigenvalue weighted by Crippen LogP contribution is -2.19. The van der Waals surface area contributed by atoms with E-state index in [2.05, 4.69) is 15.5 Å². The minimum Gasteiger partial charge on any atom is -0.399 e. The third-order valence-electron chi connectivity index (χ3n) is 2.58. The van der Waals surface area contributed by atoms with Crippen LogP contribution in [-0.4, -0.2) is 16.6 Å². The molecule has 0 atom stereocenters. The Bertz CT molecular complexity index is 591. The molecule has 0 aliphatic heterocycles. The van der Waals surface area contributed by atoms with Crippen molar-refractivity contribution < 1.29 is 4.79 Å². The maximum atomic E-state index is 11.8. The van der Waals surface area contributed by atoms with Crippen LogP contribution in [-0.2, 0) is 0 Å². The van der Waals surface area contributed by atoms with Crippen LogP contribution >= 0.6 is 0 Å². The molecule has 0 radical (unpaired) electrons. The van der Waals surface area contributed by atoms with E-state index in [4.69, 9.17) is 5.73 Å². The summed E-state index contributed by atoms with van der Waals surface area (Å²) in [4.78, 5) is 15.8. The van der Waals surface area contributed by atoms with Gasteiger partial charge in [-0.05, 0) is 37.3 Å². The fraction of sp³-hybridized carbons (Fsp3) is 0.0714. The summed E-state index contributed by atoms with van der Waals surface area (Å²) in [6.45, 7) is 1.81. The Morgan fingerprint density at radius 1 is 1.21 bits per heavy atom. The van der Waals surface area contributed by atoms with Crippen molar-refractivity contribution >= 4 is 17.3 Å². The predicted molar refractivity (Wildman–Crippen MR) is 74.8 cm³/mol. The molecule has 1 aromatic heterocycles. The Morgan fingerprint density at radius 2 is 1.95 bits per heavy atom. The number of amides is 1. The molecule has 0 aliphatic carbocycles. The number of carbonyl (C=O) groups is 1. The van der Waals surface area contributed by atoms with Gasteiger partial charge in [0.15, 0.2) is 0 Å². The van der Waals surface area contributed by atoms with Gasteiger partial charge in [0, 0.05) is 29.2 Å². The second-order valence-electron chi connectivity index (χ2n) is 4.00. The van der Waals surface area contributed by atoms with Gasteiger partial charge in [0.25, 0.3) is 5.91 Å². The summed E-state index contributed by atoms with van der Waals surface area (Å²) in [5.41, 5.74) is 10.7. The fourth-order valence-electron chi connectivity index (χ4n) is 1.47. The molecule has 0 bridgehead atoms. The van der Waals surface area contributed by atoms with Gasteiger partial charge in [-0.1, -0.05) is 6.07 Å². The zero-order chi connectivity index (χ0) is 13.7. The first kappa shape index (κ1) is 12.8. The molecule has 3 N–H and O–H groups in total. The normalized spacial score (nSPS) is 11.1. The van der Waals surface area contributed by atoms with Crippen LogP contribution in [0.15, 0.2) is 53.9 Å². The number of rotatable bonds is 3. The summed E-state index contributed by atoms with van der Waals surface area (Å²) in [7, 11) is 0. The standard InChI is InChI=1S/C14H14N4O/c1-10(12-3-2-8-16-9-12)17-18-14(19)11-4-6-13(15)7-5-11/h2-9H,15H2,1H3,(H,18,19)/b17-10-. The van der Waals surface area contributed by atoms with Gasteiger partial charge >= 0.3 is 0 Å². The van der Waals surface area contributed by atoms with Crippen LogP contribution in [0.5, 0.6) is 0 Å². The van der Waals surface area contributed by atoms with Gasteiger partial charge in [-0.25, -0.2) is 5.43 Å². The lowest BCUT2D eigenvalue weighted by Gasteiger charge is -2.03. The lowest BCUT2D eigenvalue weighted by molar-refractivity contribution is 0.0955. The Hall–Kier alpha value is -2.69. The van der Waals surface area contributed by atoms with Gasteiger partial charge in [-0.2, -0.15) is 5.10 Å². The molecule has 1 aromatic carbocycles. The van der Waals surface area contributed by atoms with E-state index in [1.165, 1.54) is 0 Å². The molecule has 1 amide bonds. The van der Waals surface area contributed by atoms with Crippen LogP contribution in [0.25, 0.3) is 0 Å². The minimum absolute atomic E-state index is 0.275. The summed E-state index contributed by atoms with van der Waals surface area (Å²) < 4.78 is 0. The highest BCUT2D eigenvalue weighted by molar-refractivity contribution is 6.00. The highest BCUT2D eigenvalue weighted by atomic mass is 16.2. The number of aromatic nitrogens is 1. The number of nitrogens with one attached hydrogen (secondary N) is 1. The number of hydrazone groups is 1. The van der Waals surface area contributed by atoms with Gasteiger partial charge in [0.05, 0.1) is 5.71 Å². The summed E-state index contributed by atoms with van der Waals surface area (Å²) >= 11 is 0. The van der Waals surface area contributed by atoms with Gasteiger partial charge < -0.3 is 5.73 Å². The lowest BCUT2D eigenvalue weighted by atomic mass is 10.2. The van der Waals surface area contributed by atoms with Crippen LogP contribution in [0.2, 0.25) is 0 Å². The maximum absolute atomic E-state index is 11.8. The number of hydrogen-bond donors (Lipinski definition) is 2. The SMILES string of the molecule is C/C(=N/NC(=O)c1ccc(N)cc1)c1cccnc1. The van der Waals surface area contributed by atoms with E-state index >= 15 is 0 Å². The number of anilines is 1. The Morgan fingerprint density at radius 3 is 2.58 bits per heavy atom. The van der Waals surface area contributed by atoms with Gasteiger partial charge in [-0.15, -0.1) is 0 Å². The number of carbonyl (C=O) groups excluding carboxylic acids is 1. The molecule has 0 saturated carbocycles. The van der Waals surface area contributed by atoms with Crippen LogP contribution in [0.1, 0.15) is 22.8 Å². The Labute approximate surface area is 111 Å².